The Morgan fingerprint density at radius 1 is 1.08 bits per heavy atom. The third kappa shape index (κ3) is 4.71. The van der Waals surface area contributed by atoms with Crippen LogP contribution in [0, 0.1) is 11.3 Å². The van der Waals surface area contributed by atoms with Crippen LogP contribution in [0.1, 0.15) is 31.9 Å². The Morgan fingerprint density at radius 2 is 1.67 bits per heavy atom. The van der Waals surface area contributed by atoms with E-state index in [1.807, 2.05) is 18.2 Å². The lowest BCUT2D eigenvalue weighted by molar-refractivity contribution is -0.129. The number of nitrogens with zero attached hydrogens (tertiary/aromatic N) is 1. The highest BCUT2D eigenvalue weighted by molar-refractivity contribution is 6.30. The normalized spacial score (nSPS) is 11.7. The number of esters is 1. The maximum absolute atomic E-state index is 12.2. The zero-order valence-electron chi connectivity index (χ0n) is 13.8. The number of rotatable bonds is 3. The summed E-state index contributed by atoms with van der Waals surface area (Å²) in [5.74, 6) is -0.277. The first-order valence-electron chi connectivity index (χ1n) is 7.50. The van der Waals surface area contributed by atoms with Gasteiger partial charge in [0.15, 0.2) is 0 Å². The van der Waals surface area contributed by atoms with Gasteiger partial charge in [-0.05, 0) is 46.9 Å². The maximum atomic E-state index is 12.2. The Balaban J connectivity index is 2.15. The second kappa shape index (κ2) is 7.33. The van der Waals surface area contributed by atoms with Crippen LogP contribution in [0.25, 0.3) is 6.08 Å². The van der Waals surface area contributed by atoms with Gasteiger partial charge in [-0.1, -0.05) is 56.6 Å². The Kier molecular flexibility index (Phi) is 5.43. The molecule has 0 aliphatic heterocycles. The average molecular weight is 340 g/mol. The lowest BCUT2D eigenvalue weighted by Crippen LogP contribution is -2.12. The number of hydrogen-bond donors (Lipinski definition) is 0. The minimum absolute atomic E-state index is 0.0227. The summed E-state index contributed by atoms with van der Waals surface area (Å²) in [6, 6.07) is 16.0. The van der Waals surface area contributed by atoms with Crippen molar-refractivity contribution in [2.75, 3.05) is 0 Å². The Bertz CT molecular complexity index is 792. The summed E-state index contributed by atoms with van der Waals surface area (Å²) in [7, 11) is 0. The van der Waals surface area contributed by atoms with Crippen LogP contribution in [0.4, 0.5) is 0 Å². The van der Waals surface area contributed by atoms with Gasteiger partial charge in [-0.3, -0.25) is 0 Å². The van der Waals surface area contributed by atoms with E-state index in [0.29, 0.717) is 16.3 Å². The van der Waals surface area contributed by atoms with Crippen LogP contribution in [0.5, 0.6) is 5.75 Å². The summed E-state index contributed by atoms with van der Waals surface area (Å²) < 4.78 is 5.28. The molecule has 0 saturated heterocycles. The summed E-state index contributed by atoms with van der Waals surface area (Å²) in [5.41, 5.74) is 1.79. The first kappa shape index (κ1) is 17.8. The SMILES string of the molecule is CC(C)(C)c1ccc(OC(=O)/C(C#N)=C/c2ccc(Cl)cc2)cc1. The molecule has 0 aromatic heterocycles. The molecule has 0 unspecified atom stereocenters. The van der Waals surface area contributed by atoms with Gasteiger partial charge >= 0.3 is 5.97 Å². The number of nitriles is 1. The molecule has 4 heteroatoms. The third-order valence-electron chi connectivity index (χ3n) is 3.45. The van der Waals surface area contributed by atoms with Crippen molar-refractivity contribution in [1.29, 1.82) is 5.26 Å². The molecule has 0 fully saturated rings. The maximum Gasteiger partial charge on any atom is 0.354 e. The number of hydrogen-bond acceptors (Lipinski definition) is 3. The zero-order valence-corrected chi connectivity index (χ0v) is 14.6. The molecule has 0 heterocycles. The first-order valence-corrected chi connectivity index (χ1v) is 7.87. The van der Waals surface area contributed by atoms with Gasteiger partial charge in [-0.2, -0.15) is 5.26 Å². The van der Waals surface area contributed by atoms with Gasteiger partial charge in [0.1, 0.15) is 17.4 Å². The van der Waals surface area contributed by atoms with Crippen LogP contribution in [-0.2, 0) is 10.2 Å². The lowest BCUT2D eigenvalue weighted by Gasteiger charge is -2.18. The van der Waals surface area contributed by atoms with Gasteiger partial charge in [0.05, 0.1) is 0 Å². The highest BCUT2D eigenvalue weighted by Crippen LogP contribution is 2.24. The van der Waals surface area contributed by atoms with Crippen molar-refractivity contribution in [3.63, 3.8) is 0 Å². The fraction of sp³-hybridized carbons (Fsp3) is 0.200. The van der Waals surface area contributed by atoms with Crippen LogP contribution in [0.15, 0.2) is 54.1 Å². The Hall–Kier alpha value is -2.57. The van der Waals surface area contributed by atoms with Gasteiger partial charge < -0.3 is 4.74 Å². The molecule has 0 aliphatic rings. The molecule has 0 amide bonds. The molecule has 0 radical (unpaired) electrons. The van der Waals surface area contributed by atoms with E-state index in [4.69, 9.17) is 16.3 Å². The van der Waals surface area contributed by atoms with E-state index < -0.39 is 5.97 Å². The number of benzene rings is 2. The number of ether oxygens (including phenoxy) is 1. The number of carbonyl (C=O) groups excluding carboxylic acids is 1. The van der Waals surface area contributed by atoms with Crippen molar-refractivity contribution < 1.29 is 9.53 Å². The van der Waals surface area contributed by atoms with Crippen molar-refractivity contribution in [2.45, 2.75) is 26.2 Å². The van der Waals surface area contributed by atoms with Crippen LogP contribution in [0.3, 0.4) is 0 Å². The minimum atomic E-state index is -0.684. The standard InChI is InChI=1S/C20H18ClNO2/c1-20(2,3)16-6-10-18(11-7-16)24-19(23)15(13-22)12-14-4-8-17(21)9-5-14/h4-12H,1-3H3/b15-12+. The fourth-order valence-corrected chi connectivity index (χ4v) is 2.17. The molecule has 2 aromatic rings. The Labute approximate surface area is 147 Å². The molecule has 0 saturated carbocycles. The van der Waals surface area contributed by atoms with Gasteiger partial charge in [-0.15, -0.1) is 0 Å². The number of carbonyl (C=O) groups is 1. The summed E-state index contributed by atoms with van der Waals surface area (Å²) in [4.78, 5) is 12.2. The van der Waals surface area contributed by atoms with E-state index in [9.17, 15) is 10.1 Å². The number of halogens is 1. The molecule has 0 atom stereocenters. The van der Waals surface area contributed by atoms with Crippen molar-refractivity contribution in [3.8, 4) is 11.8 Å². The van der Waals surface area contributed by atoms with Crippen molar-refractivity contribution in [3.05, 3.63) is 70.3 Å². The average Bonchev–Trinajstić information content (AvgIpc) is 2.54. The molecule has 3 nitrogen and oxygen atoms in total. The molecule has 0 spiro atoms. The van der Waals surface area contributed by atoms with Gasteiger partial charge in [0.25, 0.3) is 0 Å². The van der Waals surface area contributed by atoms with Crippen LogP contribution in [-0.4, -0.2) is 5.97 Å². The third-order valence-corrected chi connectivity index (χ3v) is 3.70. The van der Waals surface area contributed by atoms with Gasteiger partial charge in [0.2, 0.25) is 0 Å². The molecule has 0 aliphatic carbocycles. The van der Waals surface area contributed by atoms with Crippen LogP contribution < -0.4 is 4.74 Å². The molecule has 2 aromatic carbocycles. The molecule has 2 rings (SSSR count). The van der Waals surface area contributed by atoms with Crippen molar-refractivity contribution >= 4 is 23.6 Å². The van der Waals surface area contributed by atoms with E-state index in [1.165, 1.54) is 6.08 Å². The quantitative estimate of drug-likeness (QED) is 0.336. The topological polar surface area (TPSA) is 50.1 Å². The Morgan fingerprint density at radius 3 is 2.17 bits per heavy atom. The van der Waals surface area contributed by atoms with Crippen molar-refractivity contribution in [1.82, 2.24) is 0 Å². The molecular formula is C20H18ClNO2. The summed E-state index contributed by atoms with van der Waals surface area (Å²) >= 11 is 5.82. The van der Waals surface area contributed by atoms with Gasteiger partial charge in [-0.25, -0.2) is 4.79 Å². The predicted octanol–water partition coefficient (Wildman–Crippen LogP) is 5.15. The zero-order chi connectivity index (χ0) is 17.7. The molecule has 24 heavy (non-hydrogen) atoms. The molecular weight excluding hydrogens is 322 g/mol. The van der Waals surface area contributed by atoms with E-state index in [-0.39, 0.29) is 11.0 Å². The molecule has 0 N–H and O–H groups in total. The fourth-order valence-electron chi connectivity index (χ4n) is 2.05. The highest BCUT2D eigenvalue weighted by atomic mass is 35.5. The molecule has 0 bridgehead atoms. The predicted molar refractivity (Wildman–Crippen MR) is 95.8 cm³/mol. The monoisotopic (exact) mass is 339 g/mol. The lowest BCUT2D eigenvalue weighted by atomic mass is 9.87. The van der Waals surface area contributed by atoms with E-state index in [1.54, 1.807) is 36.4 Å². The van der Waals surface area contributed by atoms with E-state index in [2.05, 4.69) is 20.8 Å². The first-order chi connectivity index (χ1) is 11.3. The largest absolute Gasteiger partial charge is 0.422 e. The highest BCUT2D eigenvalue weighted by Gasteiger charge is 2.15. The van der Waals surface area contributed by atoms with Crippen LogP contribution >= 0.6 is 11.6 Å². The minimum Gasteiger partial charge on any atom is -0.422 e. The van der Waals surface area contributed by atoms with E-state index in [0.717, 1.165) is 5.56 Å². The smallest absolute Gasteiger partial charge is 0.354 e. The van der Waals surface area contributed by atoms with E-state index >= 15 is 0 Å². The summed E-state index contributed by atoms with van der Waals surface area (Å²) in [6.45, 7) is 6.32. The van der Waals surface area contributed by atoms with Gasteiger partial charge in [0, 0.05) is 5.02 Å². The summed E-state index contributed by atoms with van der Waals surface area (Å²) in [5, 5.41) is 9.79. The second-order valence-electron chi connectivity index (χ2n) is 6.39. The van der Waals surface area contributed by atoms with Crippen LogP contribution in [0.2, 0.25) is 5.02 Å². The summed E-state index contributed by atoms with van der Waals surface area (Å²) in [6.07, 6.45) is 1.47. The second-order valence-corrected chi connectivity index (χ2v) is 6.82. The van der Waals surface area contributed by atoms with Crippen molar-refractivity contribution in [2.24, 2.45) is 0 Å². The molecule has 122 valence electrons.